The van der Waals surface area contributed by atoms with E-state index in [4.69, 9.17) is 16.6 Å². The van der Waals surface area contributed by atoms with Gasteiger partial charge >= 0.3 is 6.18 Å². The number of benzene rings is 2. The fourth-order valence-corrected chi connectivity index (χ4v) is 4.26. The van der Waals surface area contributed by atoms with Crippen molar-refractivity contribution in [2.24, 2.45) is 0 Å². The molecule has 1 fully saturated rings. The minimum absolute atomic E-state index is 0.118. The van der Waals surface area contributed by atoms with Crippen LogP contribution in [0.2, 0.25) is 0 Å². The average Bonchev–Trinajstić information content (AvgIpc) is 3.32. The third-order valence-electron chi connectivity index (χ3n) is 4.49. The highest BCUT2D eigenvalue weighted by atomic mass is 32.2. The highest BCUT2D eigenvalue weighted by Crippen LogP contribution is 2.37. The van der Waals surface area contributed by atoms with Crippen LogP contribution in [0.4, 0.5) is 24.5 Å². The molecule has 0 unspecified atom stereocenters. The molecular weight excluding hydrogens is 465 g/mol. The molecule has 1 aliphatic heterocycles. The lowest BCUT2D eigenvalue weighted by Gasteiger charge is -2.13. The lowest BCUT2D eigenvalue weighted by atomic mass is 10.1. The summed E-state index contributed by atoms with van der Waals surface area (Å²) in [4.78, 5) is 24.6. The Hall–Kier alpha value is -3.44. The van der Waals surface area contributed by atoms with E-state index < -0.39 is 22.6 Å². The van der Waals surface area contributed by atoms with E-state index in [9.17, 15) is 28.1 Å². The number of thiocarbonyl (C=S) groups is 1. The maximum absolute atomic E-state index is 12.9. The molecule has 2 aromatic carbocycles. The first-order valence-corrected chi connectivity index (χ1v) is 10.2. The van der Waals surface area contributed by atoms with Crippen LogP contribution < -0.4 is 4.90 Å². The van der Waals surface area contributed by atoms with Crippen molar-refractivity contribution in [2.45, 2.75) is 6.18 Å². The average molecular weight is 476 g/mol. The maximum Gasteiger partial charge on any atom is 0.416 e. The second kappa shape index (κ2) is 8.24. The monoisotopic (exact) mass is 476 g/mol. The van der Waals surface area contributed by atoms with E-state index in [2.05, 4.69) is 0 Å². The first-order valence-electron chi connectivity index (χ1n) is 8.93. The van der Waals surface area contributed by atoms with Crippen LogP contribution in [0.5, 0.6) is 0 Å². The number of alkyl halides is 3. The van der Waals surface area contributed by atoms with Gasteiger partial charge in [0.2, 0.25) is 0 Å². The molecule has 0 bridgehead atoms. The lowest BCUT2D eigenvalue weighted by molar-refractivity contribution is -0.384. The Kier molecular flexibility index (Phi) is 5.61. The second-order valence-electron chi connectivity index (χ2n) is 6.57. The van der Waals surface area contributed by atoms with Crippen molar-refractivity contribution in [3.63, 3.8) is 0 Å². The van der Waals surface area contributed by atoms with Gasteiger partial charge in [0, 0.05) is 23.8 Å². The highest BCUT2D eigenvalue weighted by molar-refractivity contribution is 8.27. The minimum Gasteiger partial charge on any atom is -0.457 e. The Morgan fingerprint density at radius 2 is 1.81 bits per heavy atom. The number of amides is 1. The van der Waals surface area contributed by atoms with Crippen LogP contribution in [-0.4, -0.2) is 15.2 Å². The number of non-ortho nitro benzene ring substituents is 1. The number of hydrogen-bond donors (Lipinski definition) is 0. The van der Waals surface area contributed by atoms with Gasteiger partial charge in [-0.3, -0.25) is 19.8 Å². The van der Waals surface area contributed by atoms with Crippen molar-refractivity contribution in [3.05, 3.63) is 87.0 Å². The number of carbonyl (C=O) groups excluding carboxylic acids is 1. The molecule has 0 atom stereocenters. The van der Waals surface area contributed by atoms with Gasteiger partial charge in [-0.15, -0.1) is 0 Å². The molecule has 0 radical (unpaired) electrons. The molecule has 0 saturated carbocycles. The SMILES string of the molecule is O=C1C(=Cc2ccc(-c3cccc(C(F)(F)F)c3)o2)SC(=S)N1c1ccc([N+](=O)[O-])cc1. The summed E-state index contributed by atoms with van der Waals surface area (Å²) in [6.45, 7) is 0. The Morgan fingerprint density at radius 3 is 2.47 bits per heavy atom. The zero-order chi connectivity index (χ0) is 23.0. The van der Waals surface area contributed by atoms with Crippen LogP contribution in [0, 0.1) is 10.1 Å². The van der Waals surface area contributed by atoms with Crippen molar-refractivity contribution in [2.75, 3.05) is 4.90 Å². The number of carbonyl (C=O) groups is 1. The number of anilines is 1. The topological polar surface area (TPSA) is 76.6 Å². The fourth-order valence-electron chi connectivity index (χ4n) is 2.98. The molecule has 1 aliphatic rings. The molecule has 0 spiro atoms. The van der Waals surface area contributed by atoms with Crippen molar-refractivity contribution in [3.8, 4) is 11.3 Å². The van der Waals surface area contributed by atoms with Crippen molar-refractivity contribution in [1.29, 1.82) is 0 Å². The number of halogens is 3. The van der Waals surface area contributed by atoms with E-state index in [0.717, 1.165) is 23.9 Å². The molecule has 1 amide bonds. The molecular formula is C21H11F3N2O4S2. The van der Waals surface area contributed by atoms with Crippen LogP contribution >= 0.6 is 24.0 Å². The quantitative estimate of drug-likeness (QED) is 0.191. The minimum atomic E-state index is -4.47. The van der Waals surface area contributed by atoms with Crippen LogP contribution in [0.25, 0.3) is 17.4 Å². The molecule has 1 saturated heterocycles. The van der Waals surface area contributed by atoms with Crippen molar-refractivity contribution < 1.29 is 27.3 Å². The molecule has 11 heteroatoms. The number of thioether (sulfide) groups is 1. The summed E-state index contributed by atoms with van der Waals surface area (Å²) >= 11 is 6.28. The van der Waals surface area contributed by atoms with Crippen molar-refractivity contribution >= 4 is 51.7 Å². The predicted octanol–water partition coefficient (Wildman–Crippen LogP) is 6.28. The number of nitrogens with zero attached hydrogens (tertiary/aromatic N) is 2. The number of nitro benzene ring substituents is 1. The summed E-state index contributed by atoms with van der Waals surface area (Å²) in [5.41, 5.74) is -0.284. The number of hydrogen-bond acceptors (Lipinski definition) is 6. The number of furan rings is 1. The molecule has 2 heterocycles. The molecule has 1 aromatic heterocycles. The standard InChI is InChI=1S/C21H11F3N2O4S2/c22-21(23,24)13-3-1-2-12(10-13)17-9-8-16(30-17)11-18-19(27)25(20(31)32-18)14-4-6-15(7-5-14)26(28)29/h1-11H. The van der Waals surface area contributed by atoms with Crippen LogP contribution in [0.3, 0.4) is 0 Å². The Bertz CT molecular complexity index is 1270. The zero-order valence-electron chi connectivity index (χ0n) is 15.8. The van der Waals surface area contributed by atoms with Gasteiger partial charge in [0.1, 0.15) is 11.5 Å². The molecule has 0 N–H and O–H groups in total. The third kappa shape index (κ3) is 4.30. The lowest BCUT2D eigenvalue weighted by Crippen LogP contribution is -2.27. The van der Waals surface area contributed by atoms with Crippen LogP contribution in [-0.2, 0) is 11.0 Å². The predicted molar refractivity (Wildman–Crippen MR) is 118 cm³/mol. The van der Waals surface area contributed by atoms with E-state index in [0.29, 0.717) is 5.69 Å². The van der Waals surface area contributed by atoms with Crippen molar-refractivity contribution in [1.82, 2.24) is 0 Å². The van der Waals surface area contributed by atoms with Gasteiger partial charge in [0.25, 0.3) is 11.6 Å². The summed E-state index contributed by atoms with van der Waals surface area (Å²) in [6.07, 6.45) is -3.03. The van der Waals surface area contributed by atoms with Gasteiger partial charge in [-0.2, -0.15) is 13.2 Å². The van der Waals surface area contributed by atoms with E-state index in [1.807, 2.05) is 0 Å². The molecule has 4 rings (SSSR count). The van der Waals surface area contributed by atoms with Gasteiger partial charge in [0.15, 0.2) is 4.32 Å². The fraction of sp³-hybridized carbons (Fsp3) is 0.0476. The summed E-state index contributed by atoms with van der Waals surface area (Å²) in [5.74, 6) is 0.0423. The molecule has 6 nitrogen and oxygen atoms in total. The summed E-state index contributed by atoms with van der Waals surface area (Å²) in [6, 6.07) is 13.2. The first-order chi connectivity index (χ1) is 15.1. The number of nitro groups is 1. The van der Waals surface area contributed by atoms with E-state index >= 15 is 0 Å². The largest absolute Gasteiger partial charge is 0.457 e. The van der Waals surface area contributed by atoms with Gasteiger partial charge in [-0.1, -0.05) is 36.1 Å². The second-order valence-corrected chi connectivity index (χ2v) is 8.25. The third-order valence-corrected chi connectivity index (χ3v) is 5.79. The van der Waals surface area contributed by atoms with E-state index in [1.165, 1.54) is 59.5 Å². The first kappa shape index (κ1) is 21.8. The Morgan fingerprint density at radius 1 is 1.09 bits per heavy atom. The zero-order valence-corrected chi connectivity index (χ0v) is 17.5. The molecule has 32 heavy (non-hydrogen) atoms. The van der Waals surface area contributed by atoms with Gasteiger partial charge in [0.05, 0.1) is 21.1 Å². The smallest absolute Gasteiger partial charge is 0.416 e. The van der Waals surface area contributed by atoms with Gasteiger partial charge < -0.3 is 4.42 Å². The highest BCUT2D eigenvalue weighted by Gasteiger charge is 2.34. The summed E-state index contributed by atoms with van der Waals surface area (Å²) in [7, 11) is 0. The van der Waals surface area contributed by atoms with Crippen LogP contribution in [0.15, 0.2) is 70.0 Å². The molecule has 3 aromatic rings. The van der Waals surface area contributed by atoms with E-state index in [1.54, 1.807) is 0 Å². The summed E-state index contributed by atoms with van der Waals surface area (Å²) in [5, 5.41) is 10.8. The molecule has 0 aliphatic carbocycles. The molecule has 162 valence electrons. The summed E-state index contributed by atoms with van der Waals surface area (Å²) < 4.78 is 44.7. The van der Waals surface area contributed by atoms with Gasteiger partial charge in [-0.25, -0.2) is 0 Å². The van der Waals surface area contributed by atoms with Crippen LogP contribution in [0.1, 0.15) is 11.3 Å². The Balaban J connectivity index is 1.58. The van der Waals surface area contributed by atoms with Gasteiger partial charge in [-0.05, 0) is 36.4 Å². The maximum atomic E-state index is 12.9. The number of rotatable bonds is 4. The van der Waals surface area contributed by atoms with E-state index in [-0.39, 0.29) is 32.0 Å². The normalized spacial score (nSPS) is 15.6. The Labute approximate surface area is 188 Å².